The molecule has 0 saturated carbocycles. The molecule has 1 radical (unpaired) electrons. The van der Waals surface area contributed by atoms with Crippen LogP contribution in [0.4, 0.5) is 0 Å². The van der Waals surface area contributed by atoms with Gasteiger partial charge in [0.15, 0.2) is 3.57 Å². The van der Waals surface area contributed by atoms with Crippen LogP contribution < -0.4 is 25.6 Å². The fraction of sp³-hybridized carbons (Fsp3) is 0.200. The summed E-state index contributed by atoms with van der Waals surface area (Å²) in [5.41, 5.74) is 0.998. The summed E-state index contributed by atoms with van der Waals surface area (Å²) in [5, 5.41) is 0.951. The molecule has 0 spiro atoms. The highest BCUT2D eigenvalue weighted by atomic mass is 127. The van der Waals surface area contributed by atoms with Crippen LogP contribution in [-0.4, -0.2) is 16.5 Å². The largest absolute Gasteiger partial charge is 0.430 e. The summed E-state index contributed by atoms with van der Waals surface area (Å²) in [4.78, 5) is 0.170. The van der Waals surface area contributed by atoms with Gasteiger partial charge in [0.2, 0.25) is 0 Å². The fourth-order valence-electron chi connectivity index (χ4n) is 2.34. The molecule has 0 aliphatic heterocycles. The van der Waals surface area contributed by atoms with Crippen LogP contribution >= 0.6 is 0 Å². The van der Waals surface area contributed by atoms with Crippen LogP contribution in [0.15, 0.2) is 76.0 Å². The molecular formula is C20H23IO4SSi+. The first-order chi connectivity index (χ1) is 12.7. The maximum absolute atomic E-state index is 12.9. The van der Waals surface area contributed by atoms with Crippen LogP contribution in [0.25, 0.3) is 0 Å². The molecular weight excluding hydrogens is 491 g/mol. The van der Waals surface area contributed by atoms with Crippen LogP contribution in [0, 0.1) is 14.3 Å². The smallest absolute Gasteiger partial charge is 0.363 e. The summed E-state index contributed by atoms with van der Waals surface area (Å²) in [6.45, 7) is 8.50. The Bertz CT molecular complexity index is 1010. The standard InChI is InChI=1S/C20H23IO4SSi/c1-16-10-12-18(13-11-16)26(22,23)25-21(17-8-6-5-7-9-17)19-14-15-20(24-19)27(2,3)4/h5-15H,1-4H3/q+1. The summed E-state index contributed by atoms with van der Waals surface area (Å²) in [6, 6.07) is 20.1. The molecule has 143 valence electrons. The maximum Gasteiger partial charge on any atom is 0.363 e. The van der Waals surface area contributed by atoms with Gasteiger partial charge in [-0.3, -0.25) is 0 Å². The molecule has 27 heavy (non-hydrogen) atoms. The Kier molecular flexibility index (Phi) is 5.95. The zero-order valence-electron chi connectivity index (χ0n) is 15.8. The molecule has 0 aliphatic carbocycles. The minimum Gasteiger partial charge on any atom is -0.430 e. The van der Waals surface area contributed by atoms with E-state index in [9.17, 15) is 8.42 Å². The lowest BCUT2D eigenvalue weighted by Gasteiger charge is -2.10. The van der Waals surface area contributed by atoms with Gasteiger partial charge < -0.3 is 4.42 Å². The first-order valence-electron chi connectivity index (χ1n) is 8.54. The van der Waals surface area contributed by atoms with Gasteiger partial charge in [-0.05, 0) is 39.8 Å². The number of hydrogen-bond acceptors (Lipinski definition) is 4. The van der Waals surface area contributed by atoms with Crippen LogP contribution in [0.1, 0.15) is 5.56 Å². The second-order valence-electron chi connectivity index (χ2n) is 7.23. The first-order valence-corrected chi connectivity index (χ1v) is 16.5. The Hall–Kier alpha value is -1.42. The number of furan rings is 1. The number of halogens is 1. The van der Waals surface area contributed by atoms with E-state index in [4.69, 9.17) is 6.93 Å². The highest BCUT2D eigenvalue weighted by Crippen LogP contribution is 2.11. The Morgan fingerprint density at radius 1 is 0.889 bits per heavy atom. The average molecular weight is 514 g/mol. The van der Waals surface area contributed by atoms with Crippen molar-refractivity contribution in [1.82, 2.24) is 0 Å². The van der Waals surface area contributed by atoms with Crippen LogP contribution in [0.3, 0.4) is 0 Å². The SMILES string of the molecule is Cc1ccc(S(=O)(=O)O[I+](c2ccccc2)c2ccc([Si](C)(C)C)o2)cc1. The van der Waals surface area contributed by atoms with Crippen molar-refractivity contribution >= 4 is 23.6 Å². The quantitative estimate of drug-likeness (QED) is 0.366. The number of rotatable bonds is 6. The molecule has 0 saturated heterocycles. The van der Waals surface area contributed by atoms with E-state index in [1.54, 1.807) is 24.3 Å². The zero-order chi connectivity index (χ0) is 19.7. The Morgan fingerprint density at radius 3 is 2.07 bits per heavy atom. The summed E-state index contributed by atoms with van der Waals surface area (Å²) < 4.78 is 39.2. The number of benzene rings is 2. The van der Waals surface area contributed by atoms with Gasteiger partial charge in [0.05, 0.1) is 10.3 Å². The van der Waals surface area contributed by atoms with Crippen molar-refractivity contribution in [3.8, 4) is 0 Å². The molecule has 0 N–H and O–H groups in total. The maximum atomic E-state index is 12.9. The predicted octanol–water partition coefficient (Wildman–Crippen LogP) is 1.12. The van der Waals surface area contributed by atoms with Gasteiger partial charge in [-0.25, -0.2) is 0 Å². The molecule has 0 aliphatic rings. The molecule has 3 aromatic rings. The third-order valence-electron chi connectivity index (χ3n) is 3.87. The van der Waals surface area contributed by atoms with Crippen molar-refractivity contribution in [1.29, 1.82) is 0 Å². The van der Waals surface area contributed by atoms with Gasteiger partial charge in [0, 0.05) is 6.07 Å². The second-order valence-corrected chi connectivity index (χ2v) is 18.5. The van der Waals surface area contributed by atoms with Crippen LogP contribution in [0.2, 0.25) is 19.6 Å². The van der Waals surface area contributed by atoms with Gasteiger partial charge in [0.25, 0.3) is 0 Å². The Balaban J connectivity index is 2.01. The molecule has 7 heteroatoms. The van der Waals surface area contributed by atoms with Crippen LogP contribution in [0.5, 0.6) is 0 Å². The van der Waals surface area contributed by atoms with E-state index in [1.807, 2.05) is 49.4 Å². The van der Waals surface area contributed by atoms with Crippen LogP contribution in [-0.2, 0) is 12.6 Å². The highest BCUT2D eigenvalue weighted by Gasteiger charge is 2.41. The number of aryl methyl sites for hydroxylation is 1. The molecule has 0 bridgehead atoms. The minimum atomic E-state index is -3.88. The lowest BCUT2D eigenvalue weighted by atomic mass is 10.2. The van der Waals surface area contributed by atoms with E-state index in [2.05, 4.69) is 19.6 Å². The highest BCUT2D eigenvalue weighted by molar-refractivity contribution is 7.86. The molecule has 2 aromatic carbocycles. The van der Waals surface area contributed by atoms with Crippen molar-refractivity contribution in [3.63, 3.8) is 0 Å². The summed E-state index contributed by atoms with van der Waals surface area (Å²) in [6.07, 6.45) is 0. The molecule has 1 aromatic heterocycles. The third kappa shape index (κ3) is 4.90. The lowest BCUT2D eigenvalue weighted by Crippen LogP contribution is -3.85. The second kappa shape index (κ2) is 7.90. The predicted molar refractivity (Wildman–Crippen MR) is 105 cm³/mol. The van der Waals surface area contributed by atoms with E-state index in [1.165, 1.54) is 0 Å². The van der Waals surface area contributed by atoms with E-state index in [0.29, 0.717) is 3.77 Å². The minimum absolute atomic E-state index is 0.170. The summed E-state index contributed by atoms with van der Waals surface area (Å²) >= 11 is -2.76. The molecule has 1 heterocycles. The molecule has 0 atom stereocenters. The summed E-state index contributed by atoms with van der Waals surface area (Å²) in [5.74, 6) is 0. The molecule has 4 nitrogen and oxygen atoms in total. The van der Waals surface area contributed by atoms with Crippen molar-refractivity contribution in [3.05, 3.63) is 79.6 Å². The van der Waals surface area contributed by atoms with Crippen molar-refractivity contribution in [2.24, 2.45) is 0 Å². The Labute approximate surface area is 169 Å². The van der Waals surface area contributed by atoms with Crippen molar-refractivity contribution in [2.45, 2.75) is 31.5 Å². The Morgan fingerprint density at radius 2 is 1.52 bits per heavy atom. The van der Waals surface area contributed by atoms with Crippen molar-refractivity contribution < 1.29 is 35.6 Å². The molecule has 3 rings (SSSR count). The molecule has 0 amide bonds. The first kappa shape index (κ1) is 20.3. The van der Waals surface area contributed by atoms with Gasteiger partial charge in [-0.2, -0.15) is 8.42 Å². The van der Waals surface area contributed by atoms with Gasteiger partial charge in [-0.1, -0.05) is 55.5 Å². The van der Waals surface area contributed by atoms with Crippen molar-refractivity contribution in [2.75, 3.05) is 0 Å². The third-order valence-corrected chi connectivity index (χ3v) is 12.7. The van der Waals surface area contributed by atoms with Gasteiger partial charge in [-0.15, -0.1) is 0 Å². The number of hydrogen-bond donors (Lipinski definition) is 0. The molecule has 0 fully saturated rings. The van der Waals surface area contributed by atoms with E-state index >= 15 is 0 Å². The summed E-state index contributed by atoms with van der Waals surface area (Å²) in [7, 11) is -5.51. The topological polar surface area (TPSA) is 56.5 Å². The fourth-order valence-corrected chi connectivity index (χ4v) is 10.2. The van der Waals surface area contributed by atoms with Gasteiger partial charge in [0.1, 0.15) is 8.07 Å². The zero-order valence-corrected chi connectivity index (χ0v) is 19.7. The monoisotopic (exact) mass is 514 g/mol. The molecule has 0 unspecified atom stereocenters. The normalized spacial score (nSPS) is 12.5. The van der Waals surface area contributed by atoms with E-state index < -0.39 is 38.4 Å². The lowest BCUT2D eigenvalue weighted by molar-refractivity contribution is -1.04. The van der Waals surface area contributed by atoms with E-state index in [-0.39, 0.29) is 4.90 Å². The average Bonchev–Trinajstić information content (AvgIpc) is 3.11. The van der Waals surface area contributed by atoms with E-state index in [0.717, 1.165) is 14.5 Å². The van der Waals surface area contributed by atoms with Gasteiger partial charge >= 0.3 is 34.1 Å².